The summed E-state index contributed by atoms with van der Waals surface area (Å²) >= 11 is 0. The minimum atomic E-state index is -0.209. The smallest absolute Gasteiger partial charge is 0.258 e. The number of carbonyl (C=O) groups is 1. The number of unbranched alkanes of at least 4 members (excludes halogenated alkanes) is 3. The summed E-state index contributed by atoms with van der Waals surface area (Å²) in [4.78, 5) is 13.1. The first-order valence-corrected chi connectivity index (χ1v) is 11.1. The summed E-state index contributed by atoms with van der Waals surface area (Å²) in [5, 5.41) is 11.9. The molecule has 0 bridgehead atoms. The highest BCUT2D eigenvalue weighted by molar-refractivity contribution is 5.99. The van der Waals surface area contributed by atoms with Crippen molar-refractivity contribution in [3.05, 3.63) is 95.6 Å². The Morgan fingerprint density at radius 1 is 0.688 bits per heavy atom. The Morgan fingerprint density at radius 3 is 1.75 bits per heavy atom. The van der Waals surface area contributed by atoms with Gasteiger partial charge >= 0.3 is 0 Å². The van der Waals surface area contributed by atoms with E-state index in [2.05, 4.69) is 5.32 Å². The third-order valence-electron chi connectivity index (χ3n) is 5.06. The second-order valence-corrected chi connectivity index (χ2v) is 7.57. The molecule has 0 aliphatic heterocycles. The molecule has 32 heavy (non-hydrogen) atoms. The van der Waals surface area contributed by atoms with E-state index in [1.165, 1.54) is 0 Å². The predicted octanol–water partition coefficient (Wildman–Crippen LogP) is 5.13. The minimum absolute atomic E-state index is 0.209. The average molecular weight is 434 g/mol. The van der Waals surface area contributed by atoms with Gasteiger partial charge in [0.05, 0.1) is 0 Å². The van der Waals surface area contributed by atoms with E-state index < -0.39 is 0 Å². The van der Waals surface area contributed by atoms with Gasteiger partial charge in [-0.15, -0.1) is 0 Å². The SMILES string of the molecule is O=C(NCCCCCCO)c1c(OCc2ccccc2)cccc1OCc1ccccc1. The van der Waals surface area contributed by atoms with Crippen LogP contribution in [0.4, 0.5) is 0 Å². The molecule has 2 N–H and O–H groups in total. The zero-order valence-corrected chi connectivity index (χ0v) is 18.3. The molecular formula is C27H31NO4. The molecule has 1 amide bonds. The number of benzene rings is 3. The molecule has 5 nitrogen and oxygen atoms in total. The minimum Gasteiger partial charge on any atom is -0.488 e. The number of aliphatic hydroxyl groups excluding tert-OH is 1. The van der Waals surface area contributed by atoms with Gasteiger partial charge in [0.15, 0.2) is 0 Å². The van der Waals surface area contributed by atoms with Crippen molar-refractivity contribution >= 4 is 5.91 Å². The van der Waals surface area contributed by atoms with Crippen LogP contribution in [0.15, 0.2) is 78.9 Å². The summed E-state index contributed by atoms with van der Waals surface area (Å²) in [6, 6.07) is 25.2. The molecule has 0 spiro atoms. The fourth-order valence-corrected chi connectivity index (χ4v) is 3.33. The monoisotopic (exact) mass is 433 g/mol. The normalized spacial score (nSPS) is 10.5. The van der Waals surface area contributed by atoms with Crippen LogP contribution in [0.1, 0.15) is 47.2 Å². The zero-order chi connectivity index (χ0) is 22.4. The summed E-state index contributed by atoms with van der Waals surface area (Å²) in [7, 11) is 0. The Bertz CT molecular complexity index is 883. The van der Waals surface area contributed by atoms with Gasteiger partial charge in [-0.3, -0.25) is 4.79 Å². The summed E-state index contributed by atoms with van der Waals surface area (Å²) in [5.74, 6) is 0.785. The first-order valence-electron chi connectivity index (χ1n) is 11.1. The molecule has 3 rings (SSSR count). The summed E-state index contributed by atoms with van der Waals surface area (Å²) < 4.78 is 12.1. The first-order chi connectivity index (χ1) is 15.8. The van der Waals surface area contributed by atoms with Gasteiger partial charge < -0.3 is 19.9 Å². The quantitative estimate of drug-likeness (QED) is 0.367. The van der Waals surface area contributed by atoms with Crippen LogP contribution < -0.4 is 14.8 Å². The van der Waals surface area contributed by atoms with Gasteiger partial charge in [0.2, 0.25) is 0 Å². The molecule has 0 aliphatic carbocycles. The molecular weight excluding hydrogens is 402 g/mol. The summed E-state index contributed by atoms with van der Waals surface area (Å²) in [6.45, 7) is 1.50. The van der Waals surface area contributed by atoms with Gasteiger partial charge in [-0.2, -0.15) is 0 Å². The van der Waals surface area contributed by atoms with Crippen molar-refractivity contribution in [3.63, 3.8) is 0 Å². The number of ether oxygens (including phenoxy) is 2. The van der Waals surface area contributed by atoms with Crippen LogP contribution in [-0.2, 0) is 13.2 Å². The number of nitrogens with one attached hydrogen (secondary N) is 1. The largest absolute Gasteiger partial charge is 0.488 e. The van der Waals surface area contributed by atoms with E-state index in [0.29, 0.717) is 36.8 Å². The molecule has 0 heterocycles. The molecule has 0 unspecified atom stereocenters. The molecule has 3 aromatic rings. The Balaban J connectivity index is 1.71. The molecule has 5 heteroatoms. The topological polar surface area (TPSA) is 67.8 Å². The van der Waals surface area contributed by atoms with Crippen LogP contribution in [0.25, 0.3) is 0 Å². The van der Waals surface area contributed by atoms with Crippen LogP contribution in [0.2, 0.25) is 0 Å². The molecule has 0 aliphatic rings. The lowest BCUT2D eigenvalue weighted by Crippen LogP contribution is -2.25. The lowest BCUT2D eigenvalue weighted by atomic mass is 10.1. The number of carbonyl (C=O) groups excluding carboxylic acids is 1. The second kappa shape index (κ2) is 13.2. The molecule has 0 atom stereocenters. The van der Waals surface area contributed by atoms with Crippen molar-refractivity contribution in [2.75, 3.05) is 13.2 Å². The van der Waals surface area contributed by atoms with Crippen molar-refractivity contribution in [3.8, 4) is 11.5 Å². The number of hydrogen-bond donors (Lipinski definition) is 2. The van der Waals surface area contributed by atoms with E-state index in [0.717, 1.165) is 36.8 Å². The van der Waals surface area contributed by atoms with Crippen molar-refractivity contribution in [2.24, 2.45) is 0 Å². The van der Waals surface area contributed by atoms with E-state index in [4.69, 9.17) is 14.6 Å². The van der Waals surface area contributed by atoms with Crippen LogP contribution >= 0.6 is 0 Å². The third kappa shape index (κ3) is 7.43. The fourth-order valence-electron chi connectivity index (χ4n) is 3.33. The predicted molar refractivity (Wildman–Crippen MR) is 126 cm³/mol. The van der Waals surface area contributed by atoms with Crippen LogP contribution in [0.5, 0.6) is 11.5 Å². The number of hydrogen-bond acceptors (Lipinski definition) is 4. The van der Waals surface area contributed by atoms with Gasteiger partial charge in [-0.25, -0.2) is 0 Å². The Morgan fingerprint density at radius 2 is 1.22 bits per heavy atom. The average Bonchev–Trinajstić information content (AvgIpc) is 2.84. The van der Waals surface area contributed by atoms with Crippen molar-refractivity contribution in [1.82, 2.24) is 5.32 Å². The highest BCUT2D eigenvalue weighted by Crippen LogP contribution is 2.30. The van der Waals surface area contributed by atoms with Gasteiger partial charge in [0.25, 0.3) is 5.91 Å². The van der Waals surface area contributed by atoms with E-state index in [9.17, 15) is 4.79 Å². The molecule has 0 saturated carbocycles. The highest BCUT2D eigenvalue weighted by atomic mass is 16.5. The third-order valence-corrected chi connectivity index (χ3v) is 5.06. The van der Waals surface area contributed by atoms with Gasteiger partial charge in [0.1, 0.15) is 30.3 Å². The molecule has 168 valence electrons. The van der Waals surface area contributed by atoms with E-state index in [1.54, 1.807) is 12.1 Å². The Hall–Kier alpha value is -3.31. The maximum absolute atomic E-state index is 13.1. The van der Waals surface area contributed by atoms with Crippen molar-refractivity contribution < 1.29 is 19.4 Å². The lowest BCUT2D eigenvalue weighted by molar-refractivity contribution is 0.0943. The second-order valence-electron chi connectivity index (χ2n) is 7.57. The van der Waals surface area contributed by atoms with E-state index in [-0.39, 0.29) is 12.5 Å². The van der Waals surface area contributed by atoms with Gasteiger partial charge in [-0.1, -0.05) is 79.6 Å². The fraction of sp³-hybridized carbons (Fsp3) is 0.296. The zero-order valence-electron chi connectivity index (χ0n) is 18.3. The molecule has 0 aromatic heterocycles. The maximum Gasteiger partial charge on any atom is 0.258 e. The Kier molecular flexibility index (Phi) is 9.62. The van der Waals surface area contributed by atoms with Gasteiger partial charge in [-0.05, 0) is 36.1 Å². The van der Waals surface area contributed by atoms with E-state index in [1.807, 2.05) is 66.7 Å². The van der Waals surface area contributed by atoms with Crippen molar-refractivity contribution in [2.45, 2.75) is 38.9 Å². The molecule has 0 saturated heterocycles. The number of rotatable bonds is 13. The van der Waals surface area contributed by atoms with Gasteiger partial charge in [0, 0.05) is 13.2 Å². The van der Waals surface area contributed by atoms with Crippen molar-refractivity contribution in [1.29, 1.82) is 0 Å². The maximum atomic E-state index is 13.1. The van der Waals surface area contributed by atoms with Crippen LogP contribution in [0.3, 0.4) is 0 Å². The van der Waals surface area contributed by atoms with Crippen LogP contribution in [0, 0.1) is 0 Å². The molecule has 3 aromatic carbocycles. The van der Waals surface area contributed by atoms with Crippen LogP contribution in [-0.4, -0.2) is 24.2 Å². The molecule has 0 radical (unpaired) electrons. The molecule has 0 fully saturated rings. The summed E-state index contributed by atoms with van der Waals surface area (Å²) in [6.07, 6.45) is 3.57. The highest BCUT2D eigenvalue weighted by Gasteiger charge is 2.19. The Labute approximate surface area is 190 Å². The standard InChI is InChI=1S/C27H31NO4/c29-19-10-2-1-9-18-28-27(30)26-24(31-20-22-12-5-3-6-13-22)16-11-17-25(26)32-21-23-14-7-4-8-15-23/h3-8,11-17,29H,1-2,9-10,18-21H2,(H,28,30). The van der Waals surface area contributed by atoms with E-state index >= 15 is 0 Å². The number of aliphatic hydroxyl groups is 1. The lowest BCUT2D eigenvalue weighted by Gasteiger charge is -2.16. The summed E-state index contributed by atoms with van der Waals surface area (Å²) in [5.41, 5.74) is 2.46. The first kappa shape index (κ1) is 23.4. The number of amides is 1.